The second-order valence-corrected chi connectivity index (χ2v) is 5.09. The van der Waals surface area contributed by atoms with E-state index in [9.17, 15) is 14.9 Å². The van der Waals surface area contributed by atoms with Crippen molar-refractivity contribution in [1.29, 1.82) is 0 Å². The summed E-state index contributed by atoms with van der Waals surface area (Å²) in [6.45, 7) is 0. The highest BCUT2D eigenvalue weighted by Gasteiger charge is 2.03. The molecule has 1 amide bonds. The van der Waals surface area contributed by atoms with E-state index in [2.05, 4.69) is 10.3 Å². The predicted molar refractivity (Wildman–Crippen MR) is 86.8 cm³/mol. The molecule has 0 aliphatic heterocycles. The Hall–Kier alpha value is -2.67. The first-order valence-corrected chi connectivity index (χ1v) is 7.54. The second-order valence-electron chi connectivity index (χ2n) is 4.26. The molecule has 0 unspecified atom stereocenters. The van der Waals surface area contributed by atoms with E-state index in [0.29, 0.717) is 11.3 Å². The molecule has 0 saturated heterocycles. The van der Waals surface area contributed by atoms with E-state index in [0.717, 1.165) is 5.03 Å². The van der Waals surface area contributed by atoms with Crippen LogP contribution in [0.3, 0.4) is 0 Å². The van der Waals surface area contributed by atoms with Gasteiger partial charge in [0.1, 0.15) is 0 Å². The average molecular weight is 315 g/mol. The van der Waals surface area contributed by atoms with Crippen LogP contribution < -0.4 is 5.32 Å². The molecule has 22 heavy (non-hydrogen) atoms. The predicted octanol–water partition coefficient (Wildman–Crippen LogP) is 3.36. The van der Waals surface area contributed by atoms with E-state index in [1.54, 1.807) is 30.5 Å². The molecule has 1 heterocycles. The summed E-state index contributed by atoms with van der Waals surface area (Å²) in [5.74, 6) is -0.294. The standard InChI is InChI=1S/C15H13N3O3S/c1-22-15-9-5-12(10-16-15)17-14(19)8-4-11-2-6-13(7-3-11)18(20)21/h2-10H,1H3,(H,17,19)/b8-4+. The van der Waals surface area contributed by atoms with Gasteiger partial charge in [0.15, 0.2) is 0 Å². The first kappa shape index (κ1) is 15.7. The number of carbonyl (C=O) groups excluding carboxylic acids is 1. The number of rotatable bonds is 5. The van der Waals surface area contributed by atoms with Crippen LogP contribution in [0.1, 0.15) is 5.56 Å². The number of aromatic nitrogens is 1. The SMILES string of the molecule is CSc1ccc(NC(=O)/C=C/c2ccc([N+](=O)[O-])cc2)cn1. The molecule has 1 aromatic carbocycles. The lowest BCUT2D eigenvalue weighted by atomic mass is 10.2. The van der Waals surface area contributed by atoms with Gasteiger partial charge < -0.3 is 5.32 Å². The van der Waals surface area contributed by atoms with E-state index in [-0.39, 0.29) is 11.6 Å². The van der Waals surface area contributed by atoms with Gasteiger partial charge in [0.25, 0.3) is 5.69 Å². The van der Waals surface area contributed by atoms with Gasteiger partial charge >= 0.3 is 0 Å². The van der Waals surface area contributed by atoms with Crippen LogP contribution in [0, 0.1) is 10.1 Å². The van der Waals surface area contributed by atoms with Gasteiger partial charge in [-0.3, -0.25) is 14.9 Å². The molecule has 1 N–H and O–H groups in total. The maximum atomic E-state index is 11.8. The molecule has 0 aliphatic carbocycles. The number of thioether (sulfide) groups is 1. The third-order valence-corrected chi connectivity index (χ3v) is 3.40. The van der Waals surface area contributed by atoms with E-state index in [1.807, 2.05) is 12.3 Å². The zero-order valence-electron chi connectivity index (χ0n) is 11.7. The number of nitro groups is 1. The lowest BCUT2D eigenvalue weighted by Gasteiger charge is -2.02. The van der Waals surface area contributed by atoms with Crippen molar-refractivity contribution in [3.05, 3.63) is 64.3 Å². The van der Waals surface area contributed by atoms with Crippen LogP contribution in [0.15, 0.2) is 53.7 Å². The Morgan fingerprint density at radius 2 is 2.00 bits per heavy atom. The van der Waals surface area contributed by atoms with Gasteiger partial charge in [-0.25, -0.2) is 4.98 Å². The van der Waals surface area contributed by atoms with Gasteiger partial charge in [0.2, 0.25) is 5.91 Å². The topological polar surface area (TPSA) is 85.1 Å². The van der Waals surface area contributed by atoms with Crippen LogP contribution in [-0.4, -0.2) is 22.1 Å². The normalized spacial score (nSPS) is 10.6. The summed E-state index contributed by atoms with van der Waals surface area (Å²) >= 11 is 1.52. The first-order valence-electron chi connectivity index (χ1n) is 6.32. The molecule has 0 fully saturated rings. The minimum Gasteiger partial charge on any atom is -0.321 e. The first-order chi connectivity index (χ1) is 10.6. The zero-order chi connectivity index (χ0) is 15.9. The maximum absolute atomic E-state index is 11.8. The largest absolute Gasteiger partial charge is 0.321 e. The van der Waals surface area contributed by atoms with E-state index >= 15 is 0 Å². The Morgan fingerprint density at radius 1 is 1.27 bits per heavy atom. The van der Waals surface area contributed by atoms with Crippen molar-refractivity contribution in [2.24, 2.45) is 0 Å². The highest BCUT2D eigenvalue weighted by Crippen LogP contribution is 2.15. The Kier molecular flexibility index (Phi) is 5.26. The van der Waals surface area contributed by atoms with Crippen LogP contribution in [0.4, 0.5) is 11.4 Å². The van der Waals surface area contributed by atoms with Crippen molar-refractivity contribution in [3.8, 4) is 0 Å². The quantitative estimate of drug-likeness (QED) is 0.396. The van der Waals surface area contributed by atoms with Gasteiger partial charge in [-0.2, -0.15) is 0 Å². The molecule has 0 radical (unpaired) electrons. The number of hydrogen-bond donors (Lipinski definition) is 1. The molecule has 1 aromatic heterocycles. The summed E-state index contributed by atoms with van der Waals surface area (Å²) in [5, 5.41) is 14.1. The fourth-order valence-electron chi connectivity index (χ4n) is 1.64. The van der Waals surface area contributed by atoms with Gasteiger partial charge in [0, 0.05) is 18.2 Å². The van der Waals surface area contributed by atoms with Crippen molar-refractivity contribution < 1.29 is 9.72 Å². The summed E-state index contributed by atoms with van der Waals surface area (Å²) in [7, 11) is 0. The highest BCUT2D eigenvalue weighted by molar-refractivity contribution is 7.98. The monoisotopic (exact) mass is 315 g/mol. The molecular weight excluding hydrogens is 302 g/mol. The van der Waals surface area contributed by atoms with Crippen molar-refractivity contribution >= 4 is 35.1 Å². The fraction of sp³-hybridized carbons (Fsp3) is 0.0667. The Labute approximate surface area is 131 Å². The lowest BCUT2D eigenvalue weighted by Crippen LogP contribution is -2.07. The minimum absolute atomic E-state index is 0.0153. The summed E-state index contributed by atoms with van der Waals surface area (Å²) in [6, 6.07) is 9.54. The van der Waals surface area contributed by atoms with Gasteiger partial charge in [0.05, 0.1) is 21.8 Å². The number of nitro benzene ring substituents is 1. The third kappa shape index (κ3) is 4.42. The molecule has 0 saturated carbocycles. The highest BCUT2D eigenvalue weighted by atomic mass is 32.2. The van der Waals surface area contributed by atoms with Crippen molar-refractivity contribution in [1.82, 2.24) is 4.98 Å². The van der Waals surface area contributed by atoms with Crippen LogP contribution in [0.2, 0.25) is 0 Å². The summed E-state index contributed by atoms with van der Waals surface area (Å²) in [6.07, 6.45) is 6.46. The van der Waals surface area contributed by atoms with Crippen LogP contribution in [-0.2, 0) is 4.79 Å². The van der Waals surface area contributed by atoms with Crippen LogP contribution in [0.5, 0.6) is 0 Å². The van der Waals surface area contributed by atoms with Gasteiger partial charge in [-0.05, 0) is 42.2 Å². The smallest absolute Gasteiger partial charge is 0.269 e. The number of non-ortho nitro benzene ring substituents is 1. The number of amides is 1. The molecule has 0 atom stereocenters. The number of nitrogens with zero attached hydrogens (tertiary/aromatic N) is 2. The lowest BCUT2D eigenvalue weighted by molar-refractivity contribution is -0.384. The molecular formula is C15H13N3O3S. The molecule has 7 heteroatoms. The van der Waals surface area contributed by atoms with Crippen molar-refractivity contribution in [2.75, 3.05) is 11.6 Å². The number of hydrogen-bond acceptors (Lipinski definition) is 5. The summed E-state index contributed by atoms with van der Waals surface area (Å²) < 4.78 is 0. The Morgan fingerprint density at radius 3 is 2.55 bits per heavy atom. The molecule has 6 nitrogen and oxygen atoms in total. The van der Waals surface area contributed by atoms with E-state index in [1.165, 1.54) is 30.0 Å². The van der Waals surface area contributed by atoms with Crippen LogP contribution in [0.25, 0.3) is 6.08 Å². The number of nitrogens with one attached hydrogen (secondary N) is 1. The van der Waals surface area contributed by atoms with Crippen molar-refractivity contribution in [3.63, 3.8) is 0 Å². The van der Waals surface area contributed by atoms with E-state index < -0.39 is 4.92 Å². The second kappa shape index (κ2) is 7.37. The molecule has 0 bridgehead atoms. The van der Waals surface area contributed by atoms with Gasteiger partial charge in [-0.15, -0.1) is 11.8 Å². The fourth-order valence-corrected chi connectivity index (χ4v) is 2.00. The molecule has 112 valence electrons. The zero-order valence-corrected chi connectivity index (χ0v) is 12.5. The average Bonchev–Trinajstić information content (AvgIpc) is 2.54. The number of benzene rings is 1. The van der Waals surface area contributed by atoms with Crippen molar-refractivity contribution in [2.45, 2.75) is 5.03 Å². The number of pyridine rings is 1. The number of anilines is 1. The maximum Gasteiger partial charge on any atom is 0.269 e. The number of carbonyl (C=O) groups is 1. The van der Waals surface area contributed by atoms with Gasteiger partial charge in [-0.1, -0.05) is 0 Å². The Balaban J connectivity index is 1.96. The summed E-state index contributed by atoms with van der Waals surface area (Å²) in [4.78, 5) is 26.0. The third-order valence-electron chi connectivity index (χ3n) is 2.74. The minimum atomic E-state index is -0.467. The molecule has 2 aromatic rings. The molecule has 0 spiro atoms. The van der Waals surface area contributed by atoms with E-state index in [4.69, 9.17) is 0 Å². The molecule has 0 aliphatic rings. The molecule has 2 rings (SSSR count). The Bertz CT molecular complexity index is 697. The van der Waals surface area contributed by atoms with Crippen LogP contribution >= 0.6 is 11.8 Å². The summed E-state index contributed by atoms with van der Waals surface area (Å²) in [5.41, 5.74) is 1.33.